The van der Waals surface area contributed by atoms with E-state index < -0.39 is 15.6 Å². The number of likely N-dealkylation sites (N-methyl/N-ethyl adjacent to an activating group) is 1. The second kappa shape index (κ2) is 7.02. The molecular weight excluding hydrogens is 264 g/mol. The van der Waals surface area contributed by atoms with Gasteiger partial charge >= 0.3 is 0 Å². The lowest BCUT2D eigenvalue weighted by molar-refractivity contribution is 0.0385. The SMILES string of the molecule is CN(C)CC(C)(O)CNS(=O)(=O)CC1CCCCC1. The standard InChI is InChI=1S/C13H28N2O3S/c1-13(16,11-15(2)3)10-14-19(17,18)9-12-7-5-4-6-8-12/h12,14,16H,4-11H2,1-3H3. The van der Waals surface area contributed by atoms with Gasteiger partial charge in [-0.15, -0.1) is 0 Å². The number of hydrogen-bond acceptors (Lipinski definition) is 4. The van der Waals surface area contributed by atoms with Crippen LogP contribution in [0.2, 0.25) is 0 Å². The molecule has 0 aromatic carbocycles. The van der Waals surface area contributed by atoms with Crippen LogP contribution in [-0.2, 0) is 10.0 Å². The topological polar surface area (TPSA) is 69.6 Å². The maximum atomic E-state index is 12.0. The van der Waals surface area contributed by atoms with E-state index in [1.807, 2.05) is 19.0 Å². The summed E-state index contributed by atoms with van der Waals surface area (Å²) in [6, 6.07) is 0. The molecule has 5 nitrogen and oxygen atoms in total. The lowest BCUT2D eigenvalue weighted by atomic mass is 9.91. The Bertz CT molecular complexity index is 360. The van der Waals surface area contributed by atoms with Crippen molar-refractivity contribution >= 4 is 10.0 Å². The highest BCUT2D eigenvalue weighted by atomic mass is 32.2. The molecule has 1 atom stereocenters. The summed E-state index contributed by atoms with van der Waals surface area (Å²) in [4.78, 5) is 1.84. The molecular formula is C13H28N2O3S. The van der Waals surface area contributed by atoms with Crippen LogP contribution in [0.25, 0.3) is 0 Å². The Labute approximate surface area is 117 Å². The lowest BCUT2D eigenvalue weighted by Crippen LogP contribution is -2.47. The van der Waals surface area contributed by atoms with E-state index in [-0.39, 0.29) is 18.2 Å². The van der Waals surface area contributed by atoms with Crippen LogP contribution in [0.5, 0.6) is 0 Å². The van der Waals surface area contributed by atoms with Gasteiger partial charge in [-0.1, -0.05) is 19.3 Å². The van der Waals surface area contributed by atoms with Gasteiger partial charge in [0.1, 0.15) is 0 Å². The fourth-order valence-electron chi connectivity index (χ4n) is 2.73. The van der Waals surface area contributed by atoms with Crippen molar-refractivity contribution in [3.05, 3.63) is 0 Å². The van der Waals surface area contributed by atoms with Gasteiger partial charge in [0, 0.05) is 13.1 Å². The molecule has 1 unspecified atom stereocenters. The molecule has 114 valence electrons. The number of nitrogens with one attached hydrogen (secondary N) is 1. The minimum absolute atomic E-state index is 0.0697. The molecule has 0 aliphatic heterocycles. The van der Waals surface area contributed by atoms with Gasteiger partial charge in [-0.05, 0) is 39.8 Å². The number of rotatable bonds is 7. The highest BCUT2D eigenvalue weighted by Gasteiger charge is 2.26. The quantitative estimate of drug-likeness (QED) is 0.728. The summed E-state index contributed by atoms with van der Waals surface area (Å²) in [6.45, 7) is 2.15. The summed E-state index contributed by atoms with van der Waals surface area (Å²) in [5.41, 5.74) is -1.04. The van der Waals surface area contributed by atoms with Crippen molar-refractivity contribution in [2.24, 2.45) is 5.92 Å². The third kappa shape index (κ3) is 7.25. The molecule has 0 bridgehead atoms. The van der Waals surface area contributed by atoms with Crippen LogP contribution >= 0.6 is 0 Å². The van der Waals surface area contributed by atoms with E-state index in [1.165, 1.54) is 6.42 Å². The average Bonchev–Trinajstić information content (AvgIpc) is 2.26. The van der Waals surface area contributed by atoms with E-state index >= 15 is 0 Å². The van der Waals surface area contributed by atoms with Gasteiger partial charge in [0.25, 0.3) is 0 Å². The zero-order valence-corrected chi connectivity index (χ0v) is 13.2. The smallest absolute Gasteiger partial charge is 0.211 e. The minimum atomic E-state index is -3.28. The Morgan fingerprint density at radius 3 is 2.37 bits per heavy atom. The van der Waals surface area contributed by atoms with Crippen LogP contribution in [0.3, 0.4) is 0 Å². The second-order valence-electron chi connectivity index (χ2n) is 6.34. The van der Waals surface area contributed by atoms with Crippen molar-refractivity contribution in [2.75, 3.05) is 32.9 Å². The number of sulfonamides is 1. The minimum Gasteiger partial charge on any atom is -0.387 e. The molecule has 1 aliphatic rings. The highest BCUT2D eigenvalue weighted by molar-refractivity contribution is 7.89. The second-order valence-corrected chi connectivity index (χ2v) is 8.19. The van der Waals surface area contributed by atoms with Gasteiger partial charge in [0.05, 0.1) is 11.4 Å². The first-order chi connectivity index (χ1) is 8.70. The van der Waals surface area contributed by atoms with Crippen LogP contribution in [0.4, 0.5) is 0 Å². The molecule has 1 saturated carbocycles. The van der Waals surface area contributed by atoms with Gasteiger partial charge in [-0.2, -0.15) is 0 Å². The van der Waals surface area contributed by atoms with Crippen molar-refractivity contribution in [2.45, 2.75) is 44.6 Å². The van der Waals surface area contributed by atoms with Crippen molar-refractivity contribution in [3.8, 4) is 0 Å². The van der Waals surface area contributed by atoms with E-state index in [0.29, 0.717) is 6.54 Å². The van der Waals surface area contributed by atoms with Crippen LogP contribution in [0.1, 0.15) is 39.0 Å². The maximum Gasteiger partial charge on any atom is 0.211 e. The van der Waals surface area contributed by atoms with Crippen molar-refractivity contribution in [1.29, 1.82) is 0 Å². The van der Waals surface area contributed by atoms with E-state index in [0.717, 1.165) is 25.7 Å². The van der Waals surface area contributed by atoms with Crippen LogP contribution in [0, 0.1) is 5.92 Å². The van der Waals surface area contributed by atoms with Crippen molar-refractivity contribution in [3.63, 3.8) is 0 Å². The lowest BCUT2D eigenvalue weighted by Gasteiger charge is -2.28. The van der Waals surface area contributed by atoms with E-state index in [1.54, 1.807) is 6.92 Å². The first kappa shape index (κ1) is 16.9. The molecule has 0 amide bonds. The fraction of sp³-hybridized carbons (Fsp3) is 1.00. The first-order valence-electron chi connectivity index (χ1n) is 7.05. The molecule has 0 saturated heterocycles. The zero-order chi connectivity index (χ0) is 14.5. The van der Waals surface area contributed by atoms with Crippen LogP contribution in [-0.4, -0.2) is 57.0 Å². The molecule has 0 aromatic rings. The monoisotopic (exact) mass is 292 g/mol. The Morgan fingerprint density at radius 2 is 1.84 bits per heavy atom. The summed E-state index contributed by atoms with van der Waals surface area (Å²) >= 11 is 0. The zero-order valence-electron chi connectivity index (χ0n) is 12.4. The Morgan fingerprint density at radius 1 is 1.26 bits per heavy atom. The largest absolute Gasteiger partial charge is 0.387 e. The van der Waals surface area contributed by atoms with Gasteiger partial charge in [0.2, 0.25) is 10.0 Å². The summed E-state index contributed by atoms with van der Waals surface area (Å²) in [7, 11) is 0.426. The molecule has 19 heavy (non-hydrogen) atoms. The average molecular weight is 292 g/mol. The normalized spacial score (nSPS) is 21.5. The molecule has 0 heterocycles. The predicted molar refractivity (Wildman–Crippen MR) is 77.5 cm³/mol. The third-order valence-electron chi connectivity index (χ3n) is 3.51. The van der Waals surface area contributed by atoms with Gasteiger partial charge < -0.3 is 10.0 Å². The molecule has 0 radical (unpaired) electrons. The van der Waals surface area contributed by atoms with Gasteiger partial charge in [-0.3, -0.25) is 0 Å². The Balaban J connectivity index is 2.41. The van der Waals surface area contributed by atoms with Crippen molar-refractivity contribution < 1.29 is 13.5 Å². The van der Waals surface area contributed by atoms with E-state index in [2.05, 4.69) is 4.72 Å². The van der Waals surface area contributed by atoms with Gasteiger partial charge in [0.15, 0.2) is 0 Å². The maximum absolute atomic E-state index is 12.0. The molecule has 1 aliphatic carbocycles. The third-order valence-corrected chi connectivity index (χ3v) is 5.00. The number of hydrogen-bond donors (Lipinski definition) is 2. The summed E-state index contributed by atoms with van der Waals surface area (Å²) in [6.07, 6.45) is 5.52. The molecule has 1 fully saturated rings. The van der Waals surface area contributed by atoms with Crippen molar-refractivity contribution in [1.82, 2.24) is 9.62 Å². The molecule has 2 N–H and O–H groups in total. The Kier molecular flexibility index (Phi) is 6.23. The summed E-state index contributed by atoms with van der Waals surface area (Å²) in [5, 5.41) is 10.1. The molecule has 1 rings (SSSR count). The summed E-state index contributed by atoms with van der Waals surface area (Å²) in [5.74, 6) is 0.482. The van der Waals surface area contributed by atoms with Crippen LogP contribution < -0.4 is 4.72 Å². The number of nitrogens with zero attached hydrogens (tertiary/aromatic N) is 1. The molecule has 0 aromatic heterocycles. The molecule has 0 spiro atoms. The molecule has 6 heteroatoms. The van der Waals surface area contributed by atoms with E-state index in [9.17, 15) is 13.5 Å². The summed E-state index contributed by atoms with van der Waals surface area (Å²) < 4.78 is 26.5. The number of aliphatic hydroxyl groups is 1. The first-order valence-corrected chi connectivity index (χ1v) is 8.70. The van der Waals surface area contributed by atoms with Gasteiger partial charge in [-0.25, -0.2) is 13.1 Å². The highest BCUT2D eigenvalue weighted by Crippen LogP contribution is 2.24. The van der Waals surface area contributed by atoms with E-state index in [4.69, 9.17) is 0 Å². The Hall–Kier alpha value is -0.170. The van der Waals surface area contributed by atoms with Crippen LogP contribution in [0.15, 0.2) is 0 Å². The predicted octanol–water partition coefficient (Wildman–Crippen LogP) is 0.799. The fourth-order valence-corrected chi connectivity index (χ4v) is 4.33.